The number of phenolic OH excluding ortho intramolecular Hbond substituents is 1. The van der Waals surface area contributed by atoms with Gasteiger partial charge in [0.05, 0.1) is 23.9 Å². The number of rotatable bonds is 3. The molecule has 0 aliphatic carbocycles. The first-order valence-electron chi connectivity index (χ1n) is 9.14. The van der Waals surface area contributed by atoms with Gasteiger partial charge < -0.3 is 9.84 Å². The molecular formula is C24H19NO4. The average molecular weight is 385 g/mol. The van der Waals surface area contributed by atoms with Crippen LogP contribution in [0.3, 0.4) is 0 Å². The van der Waals surface area contributed by atoms with Crippen LogP contribution in [-0.2, 0) is 14.3 Å². The van der Waals surface area contributed by atoms with Crippen LogP contribution < -0.4 is 4.90 Å². The third-order valence-electron chi connectivity index (χ3n) is 4.98. The summed E-state index contributed by atoms with van der Waals surface area (Å²) in [4.78, 5) is 27.5. The Morgan fingerprint density at radius 2 is 1.76 bits per heavy atom. The van der Waals surface area contributed by atoms with Crippen molar-refractivity contribution in [1.29, 1.82) is 0 Å². The minimum Gasteiger partial charge on any atom is -0.508 e. The van der Waals surface area contributed by atoms with E-state index in [2.05, 4.69) is 0 Å². The lowest BCUT2D eigenvalue weighted by Crippen LogP contribution is -2.24. The van der Waals surface area contributed by atoms with Gasteiger partial charge in [0.2, 0.25) is 0 Å². The van der Waals surface area contributed by atoms with Gasteiger partial charge in [0.15, 0.2) is 0 Å². The molecule has 0 unspecified atom stereocenters. The molecule has 0 atom stereocenters. The zero-order valence-corrected chi connectivity index (χ0v) is 16.0. The maximum Gasteiger partial charge on any atom is 0.340 e. The molecule has 3 aromatic carbocycles. The molecule has 0 aromatic heterocycles. The van der Waals surface area contributed by atoms with E-state index in [4.69, 9.17) is 4.74 Å². The molecule has 1 aliphatic rings. The summed E-state index contributed by atoms with van der Waals surface area (Å²) in [6.07, 6.45) is 1.60. The van der Waals surface area contributed by atoms with Crippen molar-refractivity contribution < 1.29 is 19.4 Å². The van der Waals surface area contributed by atoms with Gasteiger partial charge in [0, 0.05) is 11.1 Å². The minimum atomic E-state index is -0.579. The van der Waals surface area contributed by atoms with Crippen LogP contribution in [0.1, 0.15) is 12.5 Å². The third kappa shape index (κ3) is 3.17. The van der Waals surface area contributed by atoms with Crippen molar-refractivity contribution in [1.82, 2.24) is 0 Å². The van der Waals surface area contributed by atoms with Crippen LogP contribution in [0.4, 0.5) is 5.69 Å². The van der Waals surface area contributed by atoms with Crippen LogP contribution in [0.5, 0.6) is 5.75 Å². The Balaban J connectivity index is 1.92. The Bertz CT molecular complexity index is 1200. The summed E-state index contributed by atoms with van der Waals surface area (Å²) >= 11 is 0. The molecule has 1 N–H and O–H groups in total. The first kappa shape index (κ1) is 18.5. The number of phenols is 1. The standard InChI is InChI=1S/C24H19NO4/c1-15-22(24(28)29-2)20(14-16-7-5-10-18(26)13-16)23(27)25(15)21-12-6-9-17-8-3-4-11-19(17)21/h3-14,26H,1-2H3. The zero-order chi connectivity index (χ0) is 20.5. The van der Waals surface area contributed by atoms with Gasteiger partial charge in [-0.2, -0.15) is 0 Å². The molecule has 1 amide bonds. The molecule has 0 spiro atoms. The van der Waals surface area contributed by atoms with Gasteiger partial charge in [-0.3, -0.25) is 9.69 Å². The maximum atomic E-state index is 13.4. The number of fused-ring (bicyclic) bond motifs is 1. The van der Waals surface area contributed by atoms with E-state index in [9.17, 15) is 14.7 Å². The fraction of sp³-hybridized carbons (Fsp3) is 0.0833. The predicted molar refractivity (Wildman–Crippen MR) is 112 cm³/mol. The van der Waals surface area contributed by atoms with Gasteiger partial charge >= 0.3 is 5.97 Å². The fourth-order valence-corrected chi connectivity index (χ4v) is 3.65. The number of nitrogens with zero attached hydrogens (tertiary/aromatic N) is 1. The first-order valence-corrected chi connectivity index (χ1v) is 9.14. The van der Waals surface area contributed by atoms with Crippen molar-refractivity contribution in [2.75, 3.05) is 12.0 Å². The van der Waals surface area contributed by atoms with Crippen molar-refractivity contribution in [3.05, 3.63) is 89.1 Å². The number of esters is 1. The number of benzene rings is 3. The first-order chi connectivity index (χ1) is 14.0. The van der Waals surface area contributed by atoms with E-state index in [1.54, 1.807) is 36.1 Å². The molecular weight excluding hydrogens is 366 g/mol. The quantitative estimate of drug-likeness (QED) is 0.535. The molecule has 0 bridgehead atoms. The Morgan fingerprint density at radius 1 is 1.03 bits per heavy atom. The van der Waals surface area contributed by atoms with Crippen molar-refractivity contribution in [3.63, 3.8) is 0 Å². The van der Waals surface area contributed by atoms with Gasteiger partial charge in [0.25, 0.3) is 5.91 Å². The summed E-state index contributed by atoms with van der Waals surface area (Å²) in [5, 5.41) is 11.7. The molecule has 0 saturated heterocycles. The fourth-order valence-electron chi connectivity index (χ4n) is 3.65. The molecule has 5 heteroatoms. The van der Waals surface area contributed by atoms with Crippen LogP contribution >= 0.6 is 0 Å². The molecule has 0 fully saturated rings. The van der Waals surface area contributed by atoms with E-state index in [1.165, 1.54) is 13.2 Å². The van der Waals surface area contributed by atoms with E-state index < -0.39 is 5.97 Å². The second-order valence-corrected chi connectivity index (χ2v) is 6.74. The van der Waals surface area contributed by atoms with Crippen LogP contribution in [0.15, 0.2) is 83.6 Å². The van der Waals surface area contributed by atoms with E-state index in [-0.39, 0.29) is 22.8 Å². The van der Waals surface area contributed by atoms with E-state index in [0.717, 1.165) is 10.8 Å². The summed E-state index contributed by atoms with van der Waals surface area (Å²) in [6.45, 7) is 1.73. The topological polar surface area (TPSA) is 66.8 Å². The van der Waals surface area contributed by atoms with Crippen LogP contribution in [0.2, 0.25) is 0 Å². The molecule has 1 heterocycles. The highest BCUT2D eigenvalue weighted by Crippen LogP contribution is 2.38. The highest BCUT2D eigenvalue weighted by atomic mass is 16.5. The second kappa shape index (κ2) is 7.28. The molecule has 3 aromatic rings. The number of carbonyl (C=O) groups is 2. The van der Waals surface area contributed by atoms with E-state index in [0.29, 0.717) is 16.9 Å². The Hall–Kier alpha value is -3.86. The molecule has 29 heavy (non-hydrogen) atoms. The summed E-state index contributed by atoms with van der Waals surface area (Å²) < 4.78 is 4.95. The number of hydrogen-bond donors (Lipinski definition) is 1. The SMILES string of the molecule is COC(=O)C1=C(C)N(c2cccc3ccccc23)C(=O)C1=Cc1cccc(O)c1. The van der Waals surface area contributed by atoms with Crippen LogP contribution in [0.25, 0.3) is 16.8 Å². The molecule has 0 radical (unpaired) electrons. The number of allylic oxidation sites excluding steroid dienone is 1. The number of anilines is 1. The van der Waals surface area contributed by atoms with Crippen molar-refractivity contribution in [2.24, 2.45) is 0 Å². The minimum absolute atomic E-state index is 0.0797. The van der Waals surface area contributed by atoms with Crippen LogP contribution in [-0.4, -0.2) is 24.1 Å². The smallest absolute Gasteiger partial charge is 0.340 e. The maximum absolute atomic E-state index is 13.4. The van der Waals surface area contributed by atoms with Gasteiger partial charge in [-0.15, -0.1) is 0 Å². The normalized spacial score (nSPS) is 15.4. The monoisotopic (exact) mass is 385 g/mol. The highest BCUT2D eigenvalue weighted by Gasteiger charge is 2.38. The summed E-state index contributed by atoms with van der Waals surface area (Å²) in [5.41, 5.74) is 2.26. The number of carbonyl (C=O) groups excluding carboxylic acids is 2. The number of aromatic hydroxyl groups is 1. The summed E-state index contributed by atoms with van der Waals surface area (Å²) in [6, 6.07) is 20.0. The molecule has 0 saturated carbocycles. The van der Waals surface area contributed by atoms with Gasteiger partial charge in [-0.1, -0.05) is 48.5 Å². The number of hydrogen-bond acceptors (Lipinski definition) is 4. The average Bonchev–Trinajstić information content (AvgIpc) is 2.96. The highest BCUT2D eigenvalue weighted by molar-refractivity contribution is 6.25. The summed E-state index contributed by atoms with van der Waals surface area (Å²) in [7, 11) is 1.29. The van der Waals surface area contributed by atoms with E-state index >= 15 is 0 Å². The lowest BCUT2D eigenvalue weighted by Gasteiger charge is -2.20. The number of ether oxygens (including phenoxy) is 1. The van der Waals surface area contributed by atoms with Gasteiger partial charge in [0.1, 0.15) is 5.75 Å². The molecule has 144 valence electrons. The molecule has 1 aliphatic heterocycles. The Kier molecular flexibility index (Phi) is 4.64. The number of methoxy groups -OCH3 is 1. The van der Waals surface area contributed by atoms with Gasteiger partial charge in [-0.05, 0) is 42.1 Å². The largest absolute Gasteiger partial charge is 0.508 e. The van der Waals surface area contributed by atoms with Crippen molar-refractivity contribution in [2.45, 2.75) is 6.92 Å². The zero-order valence-electron chi connectivity index (χ0n) is 16.0. The predicted octanol–water partition coefficient (Wildman–Crippen LogP) is 4.42. The second-order valence-electron chi connectivity index (χ2n) is 6.74. The molecule has 4 rings (SSSR count). The van der Waals surface area contributed by atoms with Crippen molar-refractivity contribution >= 4 is 34.4 Å². The Morgan fingerprint density at radius 3 is 2.52 bits per heavy atom. The molecule has 5 nitrogen and oxygen atoms in total. The Labute approximate surface area is 168 Å². The lowest BCUT2D eigenvalue weighted by molar-refractivity contribution is -0.136. The van der Waals surface area contributed by atoms with E-state index in [1.807, 2.05) is 42.5 Å². The van der Waals surface area contributed by atoms with Gasteiger partial charge in [-0.25, -0.2) is 4.79 Å². The summed E-state index contributed by atoms with van der Waals surface area (Å²) in [5.74, 6) is -0.816. The lowest BCUT2D eigenvalue weighted by atomic mass is 10.0. The van der Waals surface area contributed by atoms with Crippen molar-refractivity contribution in [3.8, 4) is 5.75 Å². The third-order valence-corrected chi connectivity index (χ3v) is 4.98. The number of amides is 1. The van der Waals surface area contributed by atoms with Crippen LogP contribution in [0, 0.1) is 0 Å².